The minimum absolute atomic E-state index is 0.108. The van der Waals surface area contributed by atoms with Gasteiger partial charge < -0.3 is 4.90 Å². The second-order valence-electron chi connectivity index (χ2n) is 7.61. The van der Waals surface area contributed by atoms with E-state index in [2.05, 4.69) is 9.88 Å². The molecule has 1 aliphatic heterocycles. The molecule has 0 spiro atoms. The van der Waals surface area contributed by atoms with Crippen LogP contribution in [-0.4, -0.2) is 75.9 Å². The van der Waals surface area contributed by atoms with Crippen LogP contribution in [0.4, 0.5) is 4.79 Å². The number of carbonyl (C=O) groups is 1. The van der Waals surface area contributed by atoms with Gasteiger partial charge in [0.05, 0.1) is 24.6 Å². The van der Waals surface area contributed by atoms with Crippen LogP contribution in [0.25, 0.3) is 11.6 Å². The second-order valence-corrected chi connectivity index (χ2v) is 9.69. The predicted octanol–water partition coefficient (Wildman–Crippen LogP) is 2.56. The van der Waals surface area contributed by atoms with E-state index >= 15 is 0 Å². The minimum Gasteiger partial charge on any atom is -0.350 e. The van der Waals surface area contributed by atoms with Crippen molar-refractivity contribution in [3.8, 4) is 0 Å². The zero-order valence-corrected chi connectivity index (χ0v) is 18.6. The van der Waals surface area contributed by atoms with Crippen molar-refractivity contribution >= 4 is 47.0 Å². The molecule has 0 N–H and O–H groups in total. The third-order valence-electron chi connectivity index (χ3n) is 5.54. The molecule has 2 heterocycles. The lowest BCUT2D eigenvalue weighted by Crippen LogP contribution is -2.49. The van der Waals surface area contributed by atoms with Crippen molar-refractivity contribution in [1.29, 1.82) is 0 Å². The molecule has 1 unspecified atom stereocenters. The van der Waals surface area contributed by atoms with E-state index in [1.165, 1.54) is 0 Å². The van der Waals surface area contributed by atoms with Crippen molar-refractivity contribution in [3.05, 3.63) is 63.9 Å². The highest BCUT2D eigenvalue weighted by Gasteiger charge is 2.33. The lowest BCUT2D eigenvalue weighted by Gasteiger charge is -2.39. The molecular formula is C21H21BClN3O4S. The van der Waals surface area contributed by atoms with Crippen LogP contribution in [0, 0.1) is 0 Å². The molecular weight excluding hydrogens is 437 g/mol. The van der Waals surface area contributed by atoms with Gasteiger partial charge in [-0.2, -0.15) is 8.42 Å². The number of aromatic nitrogens is 1. The smallest absolute Gasteiger partial charge is 0.264 e. The Bertz CT molecular complexity index is 1150. The van der Waals surface area contributed by atoms with Crippen LogP contribution in [0.15, 0.2) is 36.5 Å². The number of piperazine rings is 1. The maximum atomic E-state index is 11.6. The fourth-order valence-electron chi connectivity index (χ4n) is 4.10. The molecule has 1 atom stereocenters. The molecule has 160 valence electrons. The zero-order valence-electron chi connectivity index (χ0n) is 17.0. The summed E-state index contributed by atoms with van der Waals surface area (Å²) in [5.74, 6) is -0.423. The number of hydrogen-bond acceptors (Lipinski definition) is 6. The number of fused-ring (bicyclic) bond motifs is 2. The standard InChI is InChI=1S/C21H21BClN3O4S/c1-31(28,29)30-13-15-11-14-3-2-6-24-19(14)20(17-5-4-16(23)12-18(15)17)25-7-9-26(10-8-25)21(22)27/h2-6,11-12,20H,7-10,13H2,1H3. The lowest BCUT2D eigenvalue weighted by atomic mass is 9.93. The topological polar surface area (TPSA) is 79.8 Å². The first-order chi connectivity index (χ1) is 14.7. The highest BCUT2D eigenvalue weighted by molar-refractivity contribution is 7.86. The van der Waals surface area contributed by atoms with Gasteiger partial charge in [-0.15, -0.1) is 0 Å². The van der Waals surface area contributed by atoms with Crippen molar-refractivity contribution in [2.24, 2.45) is 0 Å². The summed E-state index contributed by atoms with van der Waals surface area (Å²) in [6.07, 6.45) is 4.68. The van der Waals surface area contributed by atoms with Crippen LogP contribution < -0.4 is 0 Å². The molecule has 2 aliphatic rings. The van der Waals surface area contributed by atoms with Crippen LogP contribution in [0.1, 0.15) is 28.4 Å². The third kappa shape index (κ3) is 4.85. The molecule has 1 aromatic heterocycles. The molecule has 1 fully saturated rings. The average Bonchev–Trinajstić information content (AvgIpc) is 2.86. The van der Waals surface area contributed by atoms with Gasteiger partial charge in [0, 0.05) is 37.4 Å². The van der Waals surface area contributed by atoms with Crippen LogP contribution in [0.5, 0.6) is 0 Å². The van der Waals surface area contributed by atoms with Gasteiger partial charge in [-0.05, 0) is 46.5 Å². The minimum atomic E-state index is -3.62. The molecule has 0 saturated carbocycles. The molecule has 4 rings (SSSR count). The van der Waals surface area contributed by atoms with E-state index in [0.717, 1.165) is 28.6 Å². The van der Waals surface area contributed by atoms with Gasteiger partial charge in [0.1, 0.15) is 0 Å². The van der Waals surface area contributed by atoms with Crippen LogP contribution >= 0.6 is 11.6 Å². The number of halogens is 1. The SMILES string of the molecule is [B]C(=O)N1CCN(C2c3ccc(Cl)cc3C(COS(C)(=O)=O)=Cc3cccnc32)CC1. The van der Waals surface area contributed by atoms with Gasteiger partial charge in [-0.1, -0.05) is 23.7 Å². The molecule has 7 nitrogen and oxygen atoms in total. The molecule has 1 aliphatic carbocycles. The first-order valence-corrected chi connectivity index (χ1v) is 12.0. The fraction of sp³-hybridized carbons (Fsp3) is 0.333. The van der Waals surface area contributed by atoms with Gasteiger partial charge in [0.2, 0.25) is 7.85 Å². The van der Waals surface area contributed by atoms with Crippen molar-refractivity contribution in [3.63, 3.8) is 0 Å². The quantitative estimate of drug-likeness (QED) is 0.518. The van der Waals surface area contributed by atoms with Crippen molar-refractivity contribution in [2.45, 2.75) is 6.04 Å². The van der Waals surface area contributed by atoms with E-state index < -0.39 is 15.9 Å². The lowest BCUT2D eigenvalue weighted by molar-refractivity contribution is 0.129. The van der Waals surface area contributed by atoms with E-state index in [0.29, 0.717) is 36.8 Å². The second kappa shape index (κ2) is 8.74. The summed E-state index contributed by atoms with van der Waals surface area (Å²) < 4.78 is 28.4. The van der Waals surface area contributed by atoms with Gasteiger partial charge in [0.25, 0.3) is 10.1 Å². The Morgan fingerprint density at radius 1 is 1.26 bits per heavy atom. The summed E-state index contributed by atoms with van der Waals surface area (Å²) in [5.41, 5.74) is 4.21. The molecule has 1 amide bonds. The summed E-state index contributed by atoms with van der Waals surface area (Å²) in [7, 11) is 1.82. The Balaban J connectivity index is 1.80. The number of hydrogen-bond donors (Lipinski definition) is 0. The summed E-state index contributed by atoms with van der Waals surface area (Å²) in [4.78, 5) is 20.1. The van der Waals surface area contributed by atoms with Gasteiger partial charge in [0.15, 0.2) is 5.81 Å². The molecule has 0 bridgehead atoms. The van der Waals surface area contributed by atoms with Crippen molar-refractivity contribution in [1.82, 2.24) is 14.8 Å². The van der Waals surface area contributed by atoms with Crippen molar-refractivity contribution in [2.75, 3.05) is 39.0 Å². The van der Waals surface area contributed by atoms with E-state index in [4.69, 9.17) is 23.6 Å². The summed E-state index contributed by atoms with van der Waals surface area (Å²) in [5, 5.41) is 0.542. The summed E-state index contributed by atoms with van der Waals surface area (Å²) in [6, 6.07) is 9.19. The first kappa shape index (κ1) is 22.0. The first-order valence-electron chi connectivity index (χ1n) is 9.81. The molecule has 1 saturated heterocycles. The predicted molar refractivity (Wildman–Crippen MR) is 120 cm³/mol. The Morgan fingerprint density at radius 3 is 2.68 bits per heavy atom. The number of pyridine rings is 1. The zero-order chi connectivity index (χ0) is 22.2. The van der Waals surface area contributed by atoms with Crippen molar-refractivity contribution < 1.29 is 17.4 Å². The Labute approximate surface area is 188 Å². The van der Waals surface area contributed by atoms with Crippen LogP contribution in [0.3, 0.4) is 0 Å². The highest BCUT2D eigenvalue weighted by Crippen LogP contribution is 2.40. The Morgan fingerprint density at radius 2 is 2.00 bits per heavy atom. The highest BCUT2D eigenvalue weighted by atomic mass is 35.5. The summed E-state index contributed by atoms with van der Waals surface area (Å²) >= 11 is 6.31. The number of nitrogens with zero attached hydrogens (tertiary/aromatic N) is 3. The van der Waals surface area contributed by atoms with Gasteiger partial charge in [-0.25, -0.2) is 0 Å². The maximum absolute atomic E-state index is 11.6. The molecule has 2 radical (unpaired) electrons. The monoisotopic (exact) mass is 457 g/mol. The van der Waals surface area contributed by atoms with Crippen LogP contribution in [0.2, 0.25) is 5.02 Å². The van der Waals surface area contributed by atoms with Gasteiger partial charge >= 0.3 is 0 Å². The normalized spacial score (nSPS) is 19.2. The molecule has 1 aromatic carbocycles. The Kier molecular flexibility index (Phi) is 6.21. The third-order valence-corrected chi connectivity index (χ3v) is 6.32. The molecule has 31 heavy (non-hydrogen) atoms. The number of benzene rings is 1. The fourth-order valence-corrected chi connectivity index (χ4v) is 4.61. The summed E-state index contributed by atoms with van der Waals surface area (Å²) in [6.45, 7) is 2.19. The van der Waals surface area contributed by atoms with E-state index in [1.54, 1.807) is 11.1 Å². The van der Waals surface area contributed by atoms with E-state index in [-0.39, 0.29) is 12.6 Å². The number of amides is 1. The maximum Gasteiger partial charge on any atom is 0.264 e. The molecule has 10 heteroatoms. The molecule has 2 aromatic rings. The van der Waals surface area contributed by atoms with E-state index in [9.17, 15) is 13.2 Å². The van der Waals surface area contributed by atoms with E-state index in [1.807, 2.05) is 36.4 Å². The largest absolute Gasteiger partial charge is 0.350 e. The number of carbonyl (C=O) groups excluding carboxylic acids is 1. The van der Waals surface area contributed by atoms with Gasteiger partial charge in [-0.3, -0.25) is 18.9 Å². The Hall–Kier alpha value is -2.20. The average molecular weight is 458 g/mol. The van der Waals surface area contributed by atoms with Crippen LogP contribution in [-0.2, 0) is 14.3 Å². The number of rotatable bonds is 4.